The molecule has 2 saturated heterocycles. The van der Waals surface area contributed by atoms with Gasteiger partial charge in [-0.05, 0) is 118 Å². The molecule has 0 saturated carbocycles. The van der Waals surface area contributed by atoms with Gasteiger partial charge in [0.15, 0.2) is 0 Å². The molecule has 1 aromatic carbocycles. The summed E-state index contributed by atoms with van der Waals surface area (Å²) < 4.78 is 26.0. The Kier molecular flexibility index (Phi) is 9.71. The number of carbonyl (C=O) groups is 1. The summed E-state index contributed by atoms with van der Waals surface area (Å²) in [5, 5.41) is 3.44. The van der Waals surface area contributed by atoms with Gasteiger partial charge in [0, 0.05) is 17.0 Å². The molecule has 0 spiro atoms. The van der Waals surface area contributed by atoms with Gasteiger partial charge in [0.1, 0.15) is 5.82 Å². The van der Waals surface area contributed by atoms with E-state index in [2.05, 4.69) is 51.8 Å². The topological polar surface area (TPSA) is 50.8 Å². The SMILES string of the molecule is CC(c1ccc(F)c(Cl)c1)N1CCC(C(C)(CCCCB2OC(C)(C)C(C)(C)O2)C(=O)NC(C)(C)C)CC1. The molecule has 0 bridgehead atoms. The third kappa shape index (κ3) is 7.32. The highest BCUT2D eigenvalue weighted by Crippen LogP contribution is 2.43. The highest BCUT2D eigenvalue weighted by Gasteiger charge is 2.50. The molecule has 0 aromatic heterocycles. The second-order valence-corrected chi connectivity index (χ2v) is 14.1. The van der Waals surface area contributed by atoms with Crippen LogP contribution in [0.3, 0.4) is 0 Å². The van der Waals surface area contributed by atoms with Gasteiger partial charge in [-0.25, -0.2) is 4.39 Å². The maximum absolute atomic E-state index is 13.7. The summed E-state index contributed by atoms with van der Waals surface area (Å²) in [5.74, 6) is 0.0554. The Labute approximate surface area is 235 Å². The standard InChI is InChI=1S/C30H49BClFN2O3/c1-21(22-12-13-25(33)24(32)20-22)35-18-14-23(15-19-35)30(9,26(36)34-27(2,3)4)16-10-11-17-31-37-28(5,6)29(7,8)38-31/h12-13,20-21,23H,10-11,14-19H2,1-9H3,(H,34,36). The number of halogens is 2. The van der Waals surface area contributed by atoms with E-state index in [9.17, 15) is 9.18 Å². The zero-order valence-corrected chi connectivity index (χ0v) is 25.8. The minimum Gasteiger partial charge on any atom is -0.403 e. The van der Waals surface area contributed by atoms with Gasteiger partial charge in [0.25, 0.3) is 0 Å². The van der Waals surface area contributed by atoms with Gasteiger partial charge in [-0.3, -0.25) is 9.69 Å². The molecular formula is C30H49BClFN2O3. The maximum atomic E-state index is 13.7. The van der Waals surface area contributed by atoms with E-state index in [-0.39, 0.29) is 46.6 Å². The average Bonchev–Trinajstić information content (AvgIpc) is 3.02. The van der Waals surface area contributed by atoms with E-state index < -0.39 is 5.41 Å². The lowest BCUT2D eigenvalue weighted by atomic mass is 9.67. The quantitative estimate of drug-likeness (QED) is 0.256. The smallest absolute Gasteiger partial charge is 0.403 e. The largest absolute Gasteiger partial charge is 0.457 e. The maximum Gasteiger partial charge on any atom is 0.457 e. The number of amides is 1. The van der Waals surface area contributed by atoms with Crippen LogP contribution in [0.25, 0.3) is 0 Å². The summed E-state index contributed by atoms with van der Waals surface area (Å²) >= 11 is 6.04. The number of unbranched alkanes of at least 4 members (excludes halogenated alkanes) is 1. The molecule has 214 valence electrons. The van der Waals surface area contributed by atoms with Crippen LogP contribution in [0.15, 0.2) is 18.2 Å². The number of nitrogens with zero attached hydrogens (tertiary/aromatic N) is 1. The summed E-state index contributed by atoms with van der Waals surface area (Å²) in [5.41, 5.74) is -0.340. The molecule has 1 N–H and O–H groups in total. The van der Waals surface area contributed by atoms with Crippen molar-refractivity contribution in [1.82, 2.24) is 10.2 Å². The van der Waals surface area contributed by atoms with Crippen LogP contribution in [0.1, 0.15) is 106 Å². The van der Waals surface area contributed by atoms with Crippen LogP contribution in [0.2, 0.25) is 11.3 Å². The first-order valence-corrected chi connectivity index (χ1v) is 14.7. The lowest BCUT2D eigenvalue weighted by molar-refractivity contribution is -0.136. The van der Waals surface area contributed by atoms with E-state index in [0.29, 0.717) is 5.92 Å². The van der Waals surface area contributed by atoms with Crippen molar-refractivity contribution in [1.29, 1.82) is 0 Å². The van der Waals surface area contributed by atoms with Crippen molar-refractivity contribution < 1.29 is 18.5 Å². The number of hydrogen-bond acceptors (Lipinski definition) is 4. The number of benzene rings is 1. The third-order valence-corrected chi connectivity index (χ3v) is 9.39. The minimum absolute atomic E-state index is 0.142. The van der Waals surface area contributed by atoms with Crippen molar-refractivity contribution in [3.8, 4) is 0 Å². The zero-order valence-electron chi connectivity index (χ0n) is 25.0. The van der Waals surface area contributed by atoms with Crippen LogP contribution in [-0.4, -0.2) is 47.8 Å². The summed E-state index contributed by atoms with van der Waals surface area (Å²) in [4.78, 5) is 16.1. The molecule has 2 aliphatic heterocycles. The Hall–Kier alpha value is -1.15. The molecule has 2 aliphatic rings. The number of nitrogens with one attached hydrogen (secondary N) is 1. The second kappa shape index (κ2) is 11.8. The van der Waals surface area contributed by atoms with Gasteiger partial charge in [0.2, 0.25) is 5.91 Å². The Morgan fingerprint density at radius 3 is 2.24 bits per heavy atom. The van der Waals surface area contributed by atoms with Crippen LogP contribution in [0.4, 0.5) is 4.39 Å². The summed E-state index contributed by atoms with van der Waals surface area (Å²) in [7, 11) is -0.195. The van der Waals surface area contributed by atoms with E-state index in [1.165, 1.54) is 6.07 Å². The number of piperidine rings is 1. The van der Waals surface area contributed by atoms with Crippen LogP contribution in [-0.2, 0) is 14.1 Å². The van der Waals surface area contributed by atoms with E-state index in [1.54, 1.807) is 6.07 Å². The predicted molar refractivity (Wildman–Crippen MR) is 155 cm³/mol. The van der Waals surface area contributed by atoms with E-state index in [0.717, 1.165) is 57.1 Å². The third-order valence-electron chi connectivity index (χ3n) is 9.10. The minimum atomic E-state index is -0.447. The highest BCUT2D eigenvalue weighted by atomic mass is 35.5. The van der Waals surface area contributed by atoms with Gasteiger partial charge in [-0.1, -0.05) is 37.4 Å². The molecule has 0 aliphatic carbocycles. The van der Waals surface area contributed by atoms with E-state index in [4.69, 9.17) is 20.9 Å². The van der Waals surface area contributed by atoms with Crippen LogP contribution in [0, 0.1) is 17.2 Å². The van der Waals surface area contributed by atoms with Crippen LogP contribution in [0.5, 0.6) is 0 Å². The molecule has 3 rings (SSSR count). The Morgan fingerprint density at radius 1 is 1.13 bits per heavy atom. The summed E-state index contributed by atoms with van der Waals surface area (Å²) in [6, 6.07) is 5.13. The fourth-order valence-electron chi connectivity index (χ4n) is 5.78. The van der Waals surface area contributed by atoms with Crippen molar-refractivity contribution in [3.63, 3.8) is 0 Å². The Bertz CT molecular complexity index is 959. The second-order valence-electron chi connectivity index (χ2n) is 13.7. The van der Waals surface area contributed by atoms with Gasteiger partial charge in [-0.15, -0.1) is 0 Å². The number of carbonyl (C=O) groups excluding carboxylic acids is 1. The Morgan fingerprint density at radius 2 is 1.71 bits per heavy atom. The van der Waals surface area contributed by atoms with E-state index in [1.807, 2.05) is 26.8 Å². The highest BCUT2D eigenvalue weighted by molar-refractivity contribution is 6.45. The van der Waals surface area contributed by atoms with Gasteiger partial charge < -0.3 is 14.6 Å². The molecule has 38 heavy (non-hydrogen) atoms. The monoisotopic (exact) mass is 550 g/mol. The summed E-state index contributed by atoms with van der Waals surface area (Å²) in [6.45, 7) is 20.6. The number of hydrogen-bond donors (Lipinski definition) is 1. The normalized spacial score (nSPS) is 22.8. The first-order valence-electron chi connectivity index (χ1n) is 14.3. The molecule has 1 aromatic rings. The van der Waals surface area contributed by atoms with Crippen molar-refractivity contribution in [2.75, 3.05) is 13.1 Å². The molecule has 2 heterocycles. The summed E-state index contributed by atoms with van der Waals surface area (Å²) in [6.07, 6.45) is 5.47. The average molecular weight is 551 g/mol. The van der Waals surface area contributed by atoms with Crippen molar-refractivity contribution in [2.24, 2.45) is 11.3 Å². The number of likely N-dealkylation sites (tertiary alicyclic amines) is 1. The first-order chi connectivity index (χ1) is 17.4. The van der Waals surface area contributed by atoms with Gasteiger partial charge in [-0.2, -0.15) is 0 Å². The molecule has 0 radical (unpaired) electrons. The molecule has 8 heteroatoms. The van der Waals surface area contributed by atoms with E-state index >= 15 is 0 Å². The first kappa shape index (κ1) is 31.4. The fourth-order valence-corrected chi connectivity index (χ4v) is 5.97. The molecular weight excluding hydrogens is 502 g/mol. The molecule has 5 nitrogen and oxygen atoms in total. The van der Waals surface area contributed by atoms with Crippen LogP contribution < -0.4 is 5.32 Å². The van der Waals surface area contributed by atoms with Crippen molar-refractivity contribution >= 4 is 24.6 Å². The van der Waals surface area contributed by atoms with Gasteiger partial charge in [0.05, 0.1) is 16.2 Å². The molecule has 2 fully saturated rings. The fraction of sp³-hybridized carbons (Fsp3) is 0.767. The number of rotatable bonds is 9. The molecule has 2 unspecified atom stereocenters. The van der Waals surface area contributed by atoms with Crippen molar-refractivity contribution in [2.45, 2.75) is 124 Å². The van der Waals surface area contributed by atoms with Gasteiger partial charge >= 0.3 is 7.12 Å². The lowest BCUT2D eigenvalue weighted by Crippen LogP contribution is -2.52. The lowest BCUT2D eigenvalue weighted by Gasteiger charge is -2.44. The van der Waals surface area contributed by atoms with Crippen LogP contribution >= 0.6 is 11.6 Å². The predicted octanol–water partition coefficient (Wildman–Crippen LogP) is 7.44. The Balaban J connectivity index is 1.62. The molecule has 2 atom stereocenters. The molecule has 1 amide bonds. The van der Waals surface area contributed by atoms with Crippen molar-refractivity contribution in [3.05, 3.63) is 34.6 Å². The zero-order chi connectivity index (χ0) is 28.5.